The summed E-state index contributed by atoms with van der Waals surface area (Å²) in [5.41, 5.74) is -1.37. The smallest absolute Gasteiger partial charge is 0.382 e. The number of carbonyl (C=O) groups is 2. The molecule has 2 N–H and O–H groups in total. The number of amides is 2. The van der Waals surface area contributed by atoms with E-state index in [1.807, 2.05) is 6.92 Å². The van der Waals surface area contributed by atoms with Gasteiger partial charge in [0.2, 0.25) is 5.91 Å². The maximum Gasteiger partial charge on any atom is 0.418 e. The number of benzene rings is 1. The second kappa shape index (κ2) is 9.70. The SMILES string of the molecule is CCOCCCC(=O)Nc1ccc(NC(=O)C2CCCO2)cc1C(F)(F)F. The molecule has 0 saturated carbocycles. The summed E-state index contributed by atoms with van der Waals surface area (Å²) in [7, 11) is 0. The van der Waals surface area contributed by atoms with Crippen molar-refractivity contribution in [3.63, 3.8) is 0 Å². The van der Waals surface area contributed by atoms with Crippen molar-refractivity contribution in [2.24, 2.45) is 0 Å². The molecule has 6 nitrogen and oxygen atoms in total. The van der Waals surface area contributed by atoms with E-state index in [9.17, 15) is 22.8 Å². The van der Waals surface area contributed by atoms with Gasteiger partial charge in [-0.1, -0.05) is 0 Å². The zero-order valence-corrected chi connectivity index (χ0v) is 15.0. The normalized spacial score (nSPS) is 17.0. The molecule has 1 aromatic rings. The molecule has 0 aliphatic carbocycles. The lowest BCUT2D eigenvalue weighted by Gasteiger charge is -2.17. The van der Waals surface area contributed by atoms with Gasteiger partial charge in [0.15, 0.2) is 0 Å². The molecular weight excluding hydrogens is 365 g/mol. The average molecular weight is 388 g/mol. The lowest BCUT2D eigenvalue weighted by atomic mass is 10.1. The van der Waals surface area contributed by atoms with Gasteiger partial charge in [-0.05, 0) is 44.4 Å². The van der Waals surface area contributed by atoms with Crippen molar-refractivity contribution < 1.29 is 32.2 Å². The van der Waals surface area contributed by atoms with Gasteiger partial charge >= 0.3 is 6.18 Å². The Bertz CT molecular complexity index is 658. The molecule has 0 aromatic heterocycles. The predicted octanol–water partition coefficient (Wildman–Crippen LogP) is 3.58. The fourth-order valence-corrected chi connectivity index (χ4v) is 2.66. The van der Waals surface area contributed by atoms with Gasteiger partial charge in [0.1, 0.15) is 6.10 Å². The van der Waals surface area contributed by atoms with Crippen LogP contribution in [-0.2, 0) is 25.2 Å². The number of rotatable bonds is 8. The maximum absolute atomic E-state index is 13.4. The molecule has 1 aliphatic heterocycles. The number of hydrogen-bond acceptors (Lipinski definition) is 4. The number of halogens is 3. The summed E-state index contributed by atoms with van der Waals surface area (Å²) in [5, 5.41) is 4.71. The molecule has 150 valence electrons. The van der Waals surface area contributed by atoms with Gasteiger partial charge in [-0.15, -0.1) is 0 Å². The summed E-state index contributed by atoms with van der Waals surface area (Å²) in [6.45, 7) is 3.15. The van der Waals surface area contributed by atoms with Gasteiger partial charge in [-0.25, -0.2) is 0 Å². The Balaban J connectivity index is 2.06. The summed E-state index contributed by atoms with van der Waals surface area (Å²) in [5.74, 6) is -1.01. The van der Waals surface area contributed by atoms with E-state index in [1.54, 1.807) is 0 Å². The standard InChI is InChI=1S/C18H23F3N2O4/c1-2-26-9-4-6-16(24)23-14-8-7-12(11-13(14)18(19,20)21)22-17(25)15-5-3-10-27-15/h7-8,11,15H,2-6,9-10H2,1H3,(H,22,25)(H,23,24). The number of ether oxygens (including phenoxy) is 2. The molecule has 0 bridgehead atoms. The topological polar surface area (TPSA) is 76.7 Å². The second-order valence-electron chi connectivity index (χ2n) is 6.10. The Morgan fingerprint density at radius 3 is 2.70 bits per heavy atom. The van der Waals surface area contributed by atoms with Crippen LogP contribution in [0.25, 0.3) is 0 Å². The third-order valence-electron chi connectivity index (χ3n) is 3.99. The van der Waals surface area contributed by atoms with Crippen LogP contribution in [0.4, 0.5) is 24.5 Å². The van der Waals surface area contributed by atoms with Gasteiger partial charge in [0.25, 0.3) is 5.91 Å². The zero-order chi connectivity index (χ0) is 19.9. The molecule has 1 fully saturated rings. The van der Waals surface area contributed by atoms with E-state index in [0.29, 0.717) is 32.7 Å². The zero-order valence-electron chi connectivity index (χ0n) is 15.0. The highest BCUT2D eigenvalue weighted by Gasteiger charge is 2.34. The first-order valence-corrected chi connectivity index (χ1v) is 8.82. The largest absolute Gasteiger partial charge is 0.418 e. The van der Waals surface area contributed by atoms with E-state index in [2.05, 4.69) is 10.6 Å². The lowest BCUT2D eigenvalue weighted by Crippen LogP contribution is -2.27. The number of carbonyl (C=O) groups excluding carboxylic acids is 2. The van der Waals surface area contributed by atoms with Gasteiger partial charge in [-0.2, -0.15) is 13.2 Å². The van der Waals surface area contributed by atoms with Crippen LogP contribution >= 0.6 is 0 Å². The predicted molar refractivity (Wildman–Crippen MR) is 93.4 cm³/mol. The van der Waals surface area contributed by atoms with E-state index in [0.717, 1.165) is 18.6 Å². The minimum atomic E-state index is -4.68. The molecule has 2 rings (SSSR count). The van der Waals surface area contributed by atoms with Gasteiger partial charge in [0.05, 0.1) is 11.3 Å². The summed E-state index contributed by atoms with van der Waals surface area (Å²) in [4.78, 5) is 23.9. The minimum Gasteiger partial charge on any atom is -0.382 e. The number of nitrogens with one attached hydrogen (secondary N) is 2. The first-order chi connectivity index (χ1) is 12.8. The molecule has 1 heterocycles. The molecule has 0 radical (unpaired) electrons. The summed E-state index contributed by atoms with van der Waals surface area (Å²) >= 11 is 0. The highest BCUT2D eigenvalue weighted by Crippen LogP contribution is 2.36. The summed E-state index contributed by atoms with van der Waals surface area (Å²) in [6, 6.07) is 3.26. The molecule has 0 spiro atoms. The van der Waals surface area contributed by atoms with Crippen molar-refractivity contribution in [3.8, 4) is 0 Å². The van der Waals surface area contributed by atoms with Crippen molar-refractivity contribution >= 4 is 23.2 Å². The van der Waals surface area contributed by atoms with Gasteiger partial charge < -0.3 is 20.1 Å². The Hall–Kier alpha value is -2.13. The Morgan fingerprint density at radius 1 is 1.30 bits per heavy atom. The van der Waals surface area contributed by atoms with Crippen molar-refractivity contribution in [1.29, 1.82) is 0 Å². The van der Waals surface area contributed by atoms with Crippen LogP contribution in [0.2, 0.25) is 0 Å². The van der Waals surface area contributed by atoms with Crippen molar-refractivity contribution in [2.45, 2.75) is 44.9 Å². The summed E-state index contributed by atoms with van der Waals surface area (Å²) < 4.78 is 50.4. The van der Waals surface area contributed by atoms with E-state index in [-0.39, 0.29) is 17.8 Å². The number of hydrogen-bond donors (Lipinski definition) is 2. The lowest BCUT2D eigenvalue weighted by molar-refractivity contribution is -0.137. The monoisotopic (exact) mass is 388 g/mol. The molecule has 1 saturated heterocycles. The van der Waals surface area contributed by atoms with E-state index >= 15 is 0 Å². The van der Waals surface area contributed by atoms with E-state index in [4.69, 9.17) is 9.47 Å². The highest BCUT2D eigenvalue weighted by atomic mass is 19.4. The Labute approximate surface area is 155 Å². The average Bonchev–Trinajstić information content (AvgIpc) is 3.14. The molecule has 2 amide bonds. The fourth-order valence-electron chi connectivity index (χ4n) is 2.66. The van der Waals surface area contributed by atoms with E-state index in [1.165, 1.54) is 6.07 Å². The van der Waals surface area contributed by atoms with Crippen LogP contribution in [-0.4, -0.2) is 37.7 Å². The van der Waals surface area contributed by atoms with Crippen LogP contribution in [0.5, 0.6) is 0 Å². The molecule has 27 heavy (non-hydrogen) atoms. The second-order valence-corrected chi connectivity index (χ2v) is 6.10. The van der Waals surface area contributed by atoms with Crippen LogP contribution in [0.3, 0.4) is 0 Å². The van der Waals surface area contributed by atoms with Crippen molar-refractivity contribution in [2.75, 3.05) is 30.5 Å². The van der Waals surface area contributed by atoms with Gasteiger partial charge in [0, 0.05) is 31.9 Å². The molecule has 9 heteroatoms. The van der Waals surface area contributed by atoms with Crippen LogP contribution < -0.4 is 10.6 Å². The van der Waals surface area contributed by atoms with Crippen LogP contribution in [0.15, 0.2) is 18.2 Å². The van der Waals surface area contributed by atoms with E-state index < -0.39 is 29.7 Å². The first-order valence-electron chi connectivity index (χ1n) is 8.82. The van der Waals surface area contributed by atoms with Crippen molar-refractivity contribution in [1.82, 2.24) is 0 Å². The van der Waals surface area contributed by atoms with Crippen LogP contribution in [0.1, 0.15) is 38.2 Å². The maximum atomic E-state index is 13.4. The van der Waals surface area contributed by atoms with Gasteiger partial charge in [-0.3, -0.25) is 9.59 Å². The molecule has 1 aliphatic rings. The number of alkyl halides is 3. The number of anilines is 2. The quantitative estimate of drug-likeness (QED) is 0.668. The minimum absolute atomic E-state index is 0.00262. The highest BCUT2D eigenvalue weighted by molar-refractivity contribution is 5.95. The first kappa shape index (κ1) is 21.2. The van der Waals surface area contributed by atoms with Crippen LogP contribution in [0, 0.1) is 0 Å². The molecule has 1 unspecified atom stereocenters. The fraction of sp³-hybridized carbons (Fsp3) is 0.556. The summed E-state index contributed by atoms with van der Waals surface area (Å²) in [6.07, 6.45) is -3.60. The van der Waals surface area contributed by atoms with Crippen molar-refractivity contribution in [3.05, 3.63) is 23.8 Å². The molecular formula is C18H23F3N2O4. The Kier molecular flexibility index (Phi) is 7.61. The third kappa shape index (κ3) is 6.51. The molecule has 1 atom stereocenters. The Morgan fingerprint density at radius 2 is 2.07 bits per heavy atom. The molecule has 1 aromatic carbocycles. The third-order valence-corrected chi connectivity index (χ3v) is 3.99.